The molecule has 24 heavy (non-hydrogen) atoms. The number of H-pyrrole nitrogens is 1. The summed E-state index contributed by atoms with van der Waals surface area (Å²) in [6, 6.07) is 15.2. The Kier molecular flexibility index (Phi) is 4.72. The number of benzene rings is 2. The number of aromatic amines is 1. The summed E-state index contributed by atoms with van der Waals surface area (Å²) in [6.45, 7) is 0. The lowest BCUT2D eigenvalue weighted by Crippen LogP contribution is -1.97. The SMILES string of the molecule is COc1cccc(/C=N/n2c(-c3ccccc3OC)n[nH]c2=S)c1. The Morgan fingerprint density at radius 3 is 2.75 bits per heavy atom. The summed E-state index contributed by atoms with van der Waals surface area (Å²) in [5.41, 5.74) is 1.69. The molecule has 1 heterocycles. The summed E-state index contributed by atoms with van der Waals surface area (Å²) in [7, 11) is 3.24. The molecule has 6 nitrogen and oxygen atoms in total. The maximum Gasteiger partial charge on any atom is 0.216 e. The van der Waals surface area contributed by atoms with E-state index in [9.17, 15) is 0 Å². The summed E-state index contributed by atoms with van der Waals surface area (Å²) in [5.74, 6) is 2.04. The number of nitrogens with zero attached hydrogens (tertiary/aromatic N) is 3. The molecule has 0 fully saturated rings. The number of hydrogen-bond donors (Lipinski definition) is 1. The molecule has 0 aliphatic heterocycles. The third kappa shape index (κ3) is 3.21. The molecule has 1 N–H and O–H groups in total. The highest BCUT2D eigenvalue weighted by molar-refractivity contribution is 7.71. The quantitative estimate of drug-likeness (QED) is 0.570. The van der Waals surface area contributed by atoms with Crippen LogP contribution in [0.3, 0.4) is 0 Å². The van der Waals surface area contributed by atoms with E-state index in [1.165, 1.54) is 0 Å². The molecule has 0 aliphatic rings. The van der Waals surface area contributed by atoms with Gasteiger partial charge in [0.05, 0.1) is 26.0 Å². The number of methoxy groups -OCH3 is 2. The molecule has 7 heteroatoms. The lowest BCUT2D eigenvalue weighted by Gasteiger charge is -2.06. The first-order valence-corrected chi connectivity index (χ1v) is 7.63. The molecule has 122 valence electrons. The fourth-order valence-electron chi connectivity index (χ4n) is 2.25. The van der Waals surface area contributed by atoms with Gasteiger partial charge in [0, 0.05) is 0 Å². The van der Waals surface area contributed by atoms with Crippen molar-refractivity contribution in [1.82, 2.24) is 14.9 Å². The number of para-hydroxylation sites is 1. The summed E-state index contributed by atoms with van der Waals surface area (Å²) in [5, 5.41) is 11.5. The maximum atomic E-state index is 5.39. The van der Waals surface area contributed by atoms with Gasteiger partial charge in [0.15, 0.2) is 5.82 Å². The van der Waals surface area contributed by atoms with Gasteiger partial charge in [-0.05, 0) is 42.0 Å². The van der Waals surface area contributed by atoms with Crippen LogP contribution in [0.5, 0.6) is 11.5 Å². The average molecular weight is 340 g/mol. The van der Waals surface area contributed by atoms with Gasteiger partial charge < -0.3 is 9.47 Å². The third-order valence-electron chi connectivity index (χ3n) is 3.41. The molecule has 0 saturated carbocycles. The molecule has 0 radical (unpaired) electrons. The fraction of sp³-hybridized carbons (Fsp3) is 0.118. The summed E-state index contributed by atoms with van der Waals surface area (Å²) < 4.78 is 12.6. The Balaban J connectivity index is 2.02. The molecule has 0 atom stereocenters. The van der Waals surface area contributed by atoms with Crippen molar-refractivity contribution in [2.24, 2.45) is 5.10 Å². The van der Waals surface area contributed by atoms with E-state index in [2.05, 4.69) is 15.3 Å². The van der Waals surface area contributed by atoms with E-state index >= 15 is 0 Å². The Hall–Kier alpha value is -2.93. The second-order valence-electron chi connectivity index (χ2n) is 4.89. The Labute approximate surface area is 144 Å². The molecule has 0 saturated heterocycles. The highest BCUT2D eigenvalue weighted by Crippen LogP contribution is 2.28. The second-order valence-corrected chi connectivity index (χ2v) is 5.27. The smallest absolute Gasteiger partial charge is 0.216 e. The zero-order valence-electron chi connectivity index (χ0n) is 13.3. The summed E-state index contributed by atoms with van der Waals surface area (Å²) in [4.78, 5) is 0. The van der Waals surface area contributed by atoms with Crippen LogP contribution in [0.2, 0.25) is 0 Å². The number of rotatable bonds is 5. The fourth-order valence-corrected chi connectivity index (χ4v) is 2.43. The first-order valence-electron chi connectivity index (χ1n) is 7.22. The first-order chi connectivity index (χ1) is 11.7. The van der Waals surface area contributed by atoms with Gasteiger partial charge in [0.25, 0.3) is 0 Å². The van der Waals surface area contributed by atoms with Gasteiger partial charge in [-0.1, -0.05) is 24.3 Å². The Morgan fingerprint density at radius 1 is 1.12 bits per heavy atom. The molecule has 0 bridgehead atoms. The van der Waals surface area contributed by atoms with Crippen LogP contribution >= 0.6 is 12.2 Å². The van der Waals surface area contributed by atoms with E-state index < -0.39 is 0 Å². The van der Waals surface area contributed by atoms with Gasteiger partial charge in [-0.3, -0.25) is 0 Å². The van der Waals surface area contributed by atoms with Crippen molar-refractivity contribution in [2.75, 3.05) is 14.2 Å². The molecule has 1 aromatic heterocycles. The van der Waals surface area contributed by atoms with E-state index in [-0.39, 0.29) is 0 Å². The highest BCUT2D eigenvalue weighted by Gasteiger charge is 2.12. The van der Waals surface area contributed by atoms with Gasteiger partial charge in [0.1, 0.15) is 11.5 Å². The van der Waals surface area contributed by atoms with E-state index in [1.54, 1.807) is 25.1 Å². The van der Waals surface area contributed by atoms with Crippen LogP contribution in [0.4, 0.5) is 0 Å². The molecule has 0 aliphatic carbocycles. The van der Waals surface area contributed by atoms with Crippen molar-refractivity contribution in [2.45, 2.75) is 0 Å². The number of hydrogen-bond acceptors (Lipinski definition) is 5. The average Bonchev–Trinajstić information content (AvgIpc) is 3.00. The van der Waals surface area contributed by atoms with Gasteiger partial charge in [-0.15, -0.1) is 0 Å². The van der Waals surface area contributed by atoms with Crippen LogP contribution in [-0.4, -0.2) is 35.3 Å². The monoisotopic (exact) mass is 340 g/mol. The predicted molar refractivity (Wildman–Crippen MR) is 95.4 cm³/mol. The molecule has 3 rings (SSSR count). The van der Waals surface area contributed by atoms with Crippen molar-refractivity contribution in [1.29, 1.82) is 0 Å². The van der Waals surface area contributed by atoms with Crippen LogP contribution in [0, 0.1) is 4.77 Å². The molecule has 3 aromatic rings. The topological polar surface area (TPSA) is 64.4 Å². The Morgan fingerprint density at radius 2 is 1.96 bits per heavy atom. The van der Waals surface area contributed by atoms with Crippen LogP contribution < -0.4 is 9.47 Å². The highest BCUT2D eigenvalue weighted by atomic mass is 32.1. The molecule has 0 spiro atoms. The molecule has 0 unspecified atom stereocenters. The number of aromatic nitrogens is 3. The minimum Gasteiger partial charge on any atom is -0.497 e. The van der Waals surface area contributed by atoms with Gasteiger partial charge in [-0.25, -0.2) is 5.10 Å². The van der Waals surface area contributed by atoms with E-state index in [1.807, 2.05) is 48.5 Å². The zero-order valence-corrected chi connectivity index (χ0v) is 14.1. The van der Waals surface area contributed by atoms with Crippen molar-refractivity contribution >= 4 is 18.4 Å². The minimum absolute atomic E-state index is 0.398. The zero-order chi connectivity index (χ0) is 16.9. The van der Waals surface area contributed by atoms with Crippen LogP contribution in [0.1, 0.15) is 5.56 Å². The predicted octanol–water partition coefficient (Wildman–Crippen LogP) is 3.51. The largest absolute Gasteiger partial charge is 0.497 e. The van der Waals surface area contributed by atoms with Crippen molar-refractivity contribution in [3.05, 3.63) is 58.9 Å². The van der Waals surface area contributed by atoms with Crippen molar-refractivity contribution < 1.29 is 9.47 Å². The maximum absolute atomic E-state index is 5.39. The third-order valence-corrected chi connectivity index (χ3v) is 3.68. The van der Waals surface area contributed by atoms with Gasteiger partial charge in [0.2, 0.25) is 4.77 Å². The van der Waals surface area contributed by atoms with Crippen LogP contribution in [0.25, 0.3) is 11.4 Å². The molecular formula is C17H16N4O2S. The molecule has 2 aromatic carbocycles. The van der Waals surface area contributed by atoms with Gasteiger partial charge >= 0.3 is 0 Å². The van der Waals surface area contributed by atoms with Crippen molar-refractivity contribution in [3.63, 3.8) is 0 Å². The number of nitrogens with one attached hydrogen (secondary N) is 1. The normalized spacial score (nSPS) is 10.9. The van der Waals surface area contributed by atoms with Crippen LogP contribution in [0.15, 0.2) is 53.6 Å². The first kappa shape index (κ1) is 15.9. The molecule has 0 amide bonds. The molecular weight excluding hydrogens is 324 g/mol. The van der Waals surface area contributed by atoms with E-state index in [0.29, 0.717) is 16.3 Å². The van der Waals surface area contributed by atoms with Crippen molar-refractivity contribution in [3.8, 4) is 22.9 Å². The summed E-state index contributed by atoms with van der Waals surface area (Å²) >= 11 is 5.28. The summed E-state index contributed by atoms with van der Waals surface area (Å²) in [6.07, 6.45) is 1.70. The lowest BCUT2D eigenvalue weighted by molar-refractivity contribution is 0.414. The van der Waals surface area contributed by atoms with E-state index in [0.717, 1.165) is 16.9 Å². The number of ether oxygens (including phenoxy) is 2. The lowest BCUT2D eigenvalue weighted by atomic mass is 10.2. The Bertz CT molecular complexity index is 930. The van der Waals surface area contributed by atoms with Gasteiger partial charge in [-0.2, -0.15) is 14.9 Å². The minimum atomic E-state index is 0.398. The van der Waals surface area contributed by atoms with Crippen LogP contribution in [-0.2, 0) is 0 Å². The second kappa shape index (κ2) is 7.10. The standard InChI is InChI=1S/C17H16N4O2S/c1-22-13-7-5-6-12(10-13)11-18-21-16(19-20-17(21)24)14-8-3-4-9-15(14)23-2/h3-11H,1-2H3,(H,20,24)/b18-11+. The van der Waals surface area contributed by atoms with E-state index in [4.69, 9.17) is 21.7 Å².